The molecule has 5 aromatic carbocycles. The third kappa shape index (κ3) is 17.5. The van der Waals surface area contributed by atoms with Crippen LogP contribution >= 0.6 is 0 Å². The number of carboxylic acid groups (broad SMARTS) is 1. The molecule has 4 atom stereocenters. The summed E-state index contributed by atoms with van der Waals surface area (Å²) >= 11 is 0. The predicted octanol–water partition coefficient (Wildman–Crippen LogP) is 5.45. The number of rotatable bonds is 23. The zero-order chi connectivity index (χ0) is 54.9. The van der Waals surface area contributed by atoms with E-state index < -0.39 is 78.3 Å². The van der Waals surface area contributed by atoms with E-state index >= 15 is 0 Å². The van der Waals surface area contributed by atoms with Crippen LogP contribution in [-0.2, 0) is 62.8 Å². The molecule has 0 aromatic heterocycles. The van der Waals surface area contributed by atoms with Crippen LogP contribution in [0.15, 0.2) is 169 Å². The molecule has 2 heterocycles. The van der Waals surface area contributed by atoms with Crippen LogP contribution in [0.2, 0.25) is 0 Å². The van der Waals surface area contributed by atoms with Crippen LogP contribution in [0.3, 0.4) is 0 Å². The van der Waals surface area contributed by atoms with Crippen LogP contribution < -0.4 is 31.2 Å². The number of hydrogen-bond acceptors (Lipinski definition) is 16. The Morgan fingerprint density at radius 2 is 0.948 bits per heavy atom. The molecular weight excluding hydrogens is 995 g/mol. The summed E-state index contributed by atoms with van der Waals surface area (Å²) in [4.78, 5) is 107. The van der Waals surface area contributed by atoms with Crippen molar-refractivity contribution in [1.82, 2.24) is 25.8 Å². The highest BCUT2D eigenvalue weighted by atomic mass is 16.6. The standard InChI is InChI=1S/C39H38N4O9.C17H21N3O5/c44-33(27-49-31-20-11-4-12-21-31)43-34(36(46)50-24-28-14-5-1-6-15-28)32(35(43)45)22-13-23-40-37(41-38(47)51-25-29-16-7-2-8-17-29)42-39(48)52-26-30-18-9-3-10-19-30;1-11(18)19-9-5-8-13-15(17(23)24)20(16(13)22)14(21)10-25-12-6-3-2-4-7-12/h1-12,14-21,32,34H,13,22-27H2,(H2,40,41,42,47,48);2-4,6-7,13,15,19H,1,5,8-10,18H2,(H,23,24)/t32-,34?;13-,15?/m11/s1. The van der Waals surface area contributed by atoms with Crippen molar-refractivity contribution >= 4 is 53.7 Å². The number of aliphatic imine (C=N–C) groups is 1. The smallest absolute Gasteiger partial charge is 0.414 e. The molecule has 0 aliphatic carbocycles. The molecule has 21 nitrogen and oxygen atoms in total. The lowest BCUT2D eigenvalue weighted by Gasteiger charge is -2.43. The Kier molecular flexibility index (Phi) is 21.7. The van der Waals surface area contributed by atoms with E-state index in [1.165, 1.54) is 0 Å². The molecule has 2 aliphatic rings. The number of β-lactam (4-membered cyclic amide) rings is 2. The summed E-state index contributed by atoms with van der Waals surface area (Å²) in [6, 6.07) is 42.0. The first-order chi connectivity index (χ1) is 37.3. The summed E-state index contributed by atoms with van der Waals surface area (Å²) in [6.45, 7) is 3.08. The lowest BCUT2D eigenvalue weighted by molar-refractivity contribution is -0.181. The number of para-hydroxylation sites is 2. The molecule has 2 saturated heterocycles. The number of nitrogens with zero attached hydrogens (tertiary/aromatic N) is 3. The lowest BCUT2D eigenvalue weighted by Crippen LogP contribution is -2.67. The number of carbonyl (C=O) groups excluding carboxylic acids is 7. The molecule has 21 heteroatoms. The van der Waals surface area contributed by atoms with Gasteiger partial charge in [-0.2, -0.15) is 0 Å². The first kappa shape index (κ1) is 56.8. The number of hydrogen-bond donors (Lipinski definition) is 5. The molecule has 0 bridgehead atoms. The minimum Gasteiger partial charge on any atom is -0.484 e. The summed E-state index contributed by atoms with van der Waals surface area (Å²) in [5, 5.41) is 17.0. The maximum Gasteiger partial charge on any atom is 0.414 e. The maximum atomic E-state index is 13.3. The molecule has 2 aliphatic heterocycles. The van der Waals surface area contributed by atoms with Crippen LogP contribution in [0, 0.1) is 11.8 Å². The fraction of sp³-hybridized carbons (Fsp3) is 0.268. The Bertz CT molecular complexity index is 2770. The Morgan fingerprint density at radius 3 is 1.38 bits per heavy atom. The number of carboxylic acids is 1. The minimum atomic E-state index is -1.20. The van der Waals surface area contributed by atoms with Crippen molar-refractivity contribution in [2.45, 2.75) is 57.6 Å². The molecule has 0 spiro atoms. The van der Waals surface area contributed by atoms with Crippen molar-refractivity contribution in [3.8, 4) is 11.5 Å². The summed E-state index contributed by atoms with van der Waals surface area (Å²) in [5.74, 6) is -4.89. The predicted molar refractivity (Wildman–Crippen MR) is 278 cm³/mol. The number of amides is 6. The van der Waals surface area contributed by atoms with Gasteiger partial charge >= 0.3 is 24.1 Å². The van der Waals surface area contributed by atoms with E-state index in [2.05, 4.69) is 27.5 Å². The molecular formula is C56H59N7O14. The van der Waals surface area contributed by atoms with Gasteiger partial charge < -0.3 is 39.8 Å². The van der Waals surface area contributed by atoms with E-state index in [1.54, 1.807) is 109 Å². The second-order valence-electron chi connectivity index (χ2n) is 17.3. The van der Waals surface area contributed by atoms with Gasteiger partial charge in [0.25, 0.3) is 11.8 Å². The molecule has 2 unspecified atom stereocenters. The quantitative estimate of drug-likeness (QED) is 0.0136. The van der Waals surface area contributed by atoms with Crippen molar-refractivity contribution in [1.29, 1.82) is 0 Å². The molecule has 6 amide bonds. The van der Waals surface area contributed by atoms with E-state index in [1.807, 2.05) is 42.5 Å². The second-order valence-corrected chi connectivity index (χ2v) is 17.3. The number of benzene rings is 5. The third-order valence-electron chi connectivity index (χ3n) is 11.7. The van der Waals surface area contributed by atoms with E-state index in [0.29, 0.717) is 36.7 Å². The number of imide groups is 2. The lowest BCUT2D eigenvalue weighted by atomic mass is 9.83. The van der Waals surface area contributed by atoms with Crippen molar-refractivity contribution in [2.24, 2.45) is 22.6 Å². The first-order valence-corrected chi connectivity index (χ1v) is 24.5. The van der Waals surface area contributed by atoms with Crippen LogP contribution in [0.25, 0.3) is 0 Å². The SMILES string of the molecule is C=C(N)NCCC[C@H]1C(=O)N(C(=O)COc2ccccc2)C1C(=O)O.O=C(NC(=NCCC[C@H]1C(=O)N(C(=O)COc2ccccc2)C1C(=O)OCc1ccccc1)NC(=O)OCc1ccccc1)OCc1ccccc1. The highest BCUT2D eigenvalue weighted by Gasteiger charge is 2.55. The van der Waals surface area contributed by atoms with Gasteiger partial charge in [-0.05, 0) is 66.6 Å². The number of ether oxygens (including phenoxy) is 5. The Morgan fingerprint density at radius 1 is 0.558 bits per heavy atom. The zero-order valence-corrected chi connectivity index (χ0v) is 41.9. The third-order valence-corrected chi connectivity index (χ3v) is 11.7. The van der Waals surface area contributed by atoms with Gasteiger partial charge in [0.1, 0.15) is 43.4 Å². The van der Waals surface area contributed by atoms with Crippen molar-refractivity contribution in [3.05, 3.63) is 181 Å². The van der Waals surface area contributed by atoms with Crippen molar-refractivity contribution in [3.63, 3.8) is 0 Å². The van der Waals surface area contributed by atoms with Gasteiger partial charge in [-0.3, -0.25) is 44.6 Å². The van der Waals surface area contributed by atoms with Crippen LogP contribution in [0.1, 0.15) is 42.4 Å². The van der Waals surface area contributed by atoms with Gasteiger partial charge in [0.15, 0.2) is 13.2 Å². The molecule has 7 rings (SSSR count). The number of esters is 1. The summed E-state index contributed by atoms with van der Waals surface area (Å²) < 4.78 is 26.9. The van der Waals surface area contributed by atoms with Crippen LogP contribution in [0.4, 0.5) is 9.59 Å². The average Bonchev–Trinajstić information content (AvgIpc) is 3.46. The summed E-state index contributed by atoms with van der Waals surface area (Å²) in [7, 11) is 0. The number of alkyl carbamates (subject to hydrolysis) is 2. The minimum absolute atomic E-state index is 0.0183. The van der Waals surface area contributed by atoms with Crippen LogP contribution in [0.5, 0.6) is 11.5 Å². The highest BCUT2D eigenvalue weighted by Crippen LogP contribution is 2.33. The van der Waals surface area contributed by atoms with E-state index in [4.69, 9.17) is 29.4 Å². The van der Waals surface area contributed by atoms with Gasteiger partial charge in [-0.25, -0.2) is 19.2 Å². The number of nitrogens with two attached hydrogens (primary N) is 1. The van der Waals surface area contributed by atoms with E-state index in [0.717, 1.165) is 26.5 Å². The van der Waals surface area contributed by atoms with Gasteiger partial charge in [0.05, 0.1) is 17.7 Å². The normalized spacial score (nSPS) is 16.1. The molecule has 0 saturated carbocycles. The van der Waals surface area contributed by atoms with Gasteiger partial charge in [0.2, 0.25) is 17.8 Å². The fourth-order valence-corrected chi connectivity index (χ4v) is 7.94. The Labute approximate surface area is 444 Å². The van der Waals surface area contributed by atoms with E-state index in [9.17, 15) is 43.5 Å². The van der Waals surface area contributed by atoms with Crippen molar-refractivity contribution in [2.75, 3.05) is 26.3 Å². The van der Waals surface area contributed by atoms with E-state index in [-0.39, 0.29) is 51.8 Å². The second kappa shape index (κ2) is 29.4. The number of aliphatic carboxylic acids is 1. The zero-order valence-electron chi connectivity index (χ0n) is 41.9. The average molecular weight is 1050 g/mol. The molecule has 5 aromatic rings. The Balaban J connectivity index is 0.000000321. The summed E-state index contributed by atoms with van der Waals surface area (Å²) in [5.41, 5.74) is 7.63. The molecule has 402 valence electrons. The molecule has 6 N–H and O–H groups in total. The fourth-order valence-electron chi connectivity index (χ4n) is 7.94. The van der Waals surface area contributed by atoms with Crippen molar-refractivity contribution < 1.29 is 67.1 Å². The summed E-state index contributed by atoms with van der Waals surface area (Å²) in [6.07, 6.45) is -0.451. The first-order valence-electron chi connectivity index (χ1n) is 24.5. The highest BCUT2D eigenvalue weighted by molar-refractivity contribution is 6.09. The Hall–Kier alpha value is -9.53. The number of likely N-dealkylation sites (tertiary alicyclic amines) is 2. The topological polar surface area (TPSA) is 284 Å². The number of nitrogens with one attached hydrogen (secondary N) is 3. The monoisotopic (exact) mass is 1050 g/mol. The molecule has 2 fully saturated rings. The largest absolute Gasteiger partial charge is 0.484 e. The number of guanidine groups is 1. The van der Waals surface area contributed by atoms with Crippen LogP contribution in [-0.4, -0.2) is 107 Å². The van der Waals surface area contributed by atoms with Gasteiger partial charge in [-0.15, -0.1) is 0 Å². The molecule has 0 radical (unpaired) electrons. The van der Waals surface area contributed by atoms with Gasteiger partial charge in [-0.1, -0.05) is 134 Å². The molecule has 77 heavy (non-hydrogen) atoms. The van der Waals surface area contributed by atoms with Gasteiger partial charge in [0, 0.05) is 13.1 Å². The number of carbonyl (C=O) groups is 8. The maximum absolute atomic E-state index is 13.3.